The van der Waals surface area contributed by atoms with Crippen molar-refractivity contribution >= 4 is 22.5 Å². The minimum Gasteiger partial charge on any atom is -0.463 e. The van der Waals surface area contributed by atoms with E-state index in [4.69, 9.17) is 4.42 Å². The molecule has 156 valence electrons. The number of rotatable bonds is 6. The first-order valence-corrected chi connectivity index (χ1v) is 10.5. The predicted molar refractivity (Wildman–Crippen MR) is 111 cm³/mol. The number of carbonyl (C=O) groups is 1. The summed E-state index contributed by atoms with van der Waals surface area (Å²) >= 11 is 0. The molecule has 3 aromatic rings. The Morgan fingerprint density at radius 3 is 2.97 bits per heavy atom. The molecule has 0 saturated carbocycles. The first-order valence-electron chi connectivity index (χ1n) is 10.5. The molecule has 0 aliphatic carbocycles. The Labute approximate surface area is 169 Å². The van der Waals surface area contributed by atoms with E-state index in [1.165, 1.54) is 23.9 Å². The molecule has 3 aromatic heterocycles. The molecule has 2 atom stereocenters. The number of furan rings is 1. The minimum atomic E-state index is -0.633. The van der Waals surface area contributed by atoms with Gasteiger partial charge in [0, 0.05) is 31.3 Å². The van der Waals surface area contributed by atoms with Gasteiger partial charge in [-0.3, -0.25) is 18.9 Å². The molecular formula is C21H29N5O3. The van der Waals surface area contributed by atoms with Crippen molar-refractivity contribution in [1.82, 2.24) is 24.4 Å². The number of hydrogen-bond acceptors (Lipinski definition) is 5. The maximum absolute atomic E-state index is 13.1. The molecule has 1 amide bonds. The maximum Gasteiger partial charge on any atom is 0.291 e. The maximum atomic E-state index is 13.1. The van der Waals surface area contributed by atoms with Gasteiger partial charge in [-0.05, 0) is 39.7 Å². The monoisotopic (exact) mass is 399 g/mol. The van der Waals surface area contributed by atoms with Gasteiger partial charge in [-0.1, -0.05) is 13.3 Å². The van der Waals surface area contributed by atoms with E-state index in [0.717, 1.165) is 18.6 Å². The summed E-state index contributed by atoms with van der Waals surface area (Å²) in [6.45, 7) is 8.46. The molecule has 0 bridgehead atoms. The number of nitrogens with zero attached hydrogens (tertiary/aromatic N) is 4. The molecule has 4 rings (SSSR count). The average molecular weight is 399 g/mol. The molecule has 8 heteroatoms. The van der Waals surface area contributed by atoms with Crippen molar-refractivity contribution in [2.24, 2.45) is 0 Å². The molecule has 1 aliphatic heterocycles. The van der Waals surface area contributed by atoms with Crippen LogP contribution in [0.3, 0.4) is 0 Å². The fraction of sp³-hybridized carbons (Fsp3) is 0.571. The Balaban J connectivity index is 1.53. The van der Waals surface area contributed by atoms with Gasteiger partial charge < -0.3 is 9.73 Å². The van der Waals surface area contributed by atoms with Crippen molar-refractivity contribution in [2.75, 3.05) is 19.6 Å². The number of carbonyl (C=O) groups excluding carboxylic acids is 1. The van der Waals surface area contributed by atoms with Gasteiger partial charge >= 0.3 is 0 Å². The summed E-state index contributed by atoms with van der Waals surface area (Å²) in [5, 5.41) is 7.47. The van der Waals surface area contributed by atoms with Crippen molar-refractivity contribution < 1.29 is 9.21 Å². The van der Waals surface area contributed by atoms with Crippen LogP contribution in [0.4, 0.5) is 0 Å². The van der Waals surface area contributed by atoms with Gasteiger partial charge in [0.1, 0.15) is 17.4 Å². The summed E-state index contributed by atoms with van der Waals surface area (Å²) < 4.78 is 8.53. The quantitative estimate of drug-likeness (QED) is 0.688. The average Bonchev–Trinajstić information content (AvgIpc) is 3.29. The largest absolute Gasteiger partial charge is 0.463 e. The first kappa shape index (κ1) is 19.7. The molecule has 4 heterocycles. The number of nitrogens with one attached hydrogen (secondary N) is 1. The highest BCUT2D eigenvalue weighted by atomic mass is 16.3. The molecule has 1 aliphatic rings. The van der Waals surface area contributed by atoms with Gasteiger partial charge in [0.05, 0.1) is 11.8 Å². The van der Waals surface area contributed by atoms with Crippen LogP contribution in [0.25, 0.3) is 16.6 Å². The van der Waals surface area contributed by atoms with Crippen LogP contribution in [0.15, 0.2) is 27.6 Å². The van der Waals surface area contributed by atoms with E-state index in [1.54, 1.807) is 16.7 Å². The van der Waals surface area contributed by atoms with Gasteiger partial charge in [-0.15, -0.1) is 0 Å². The van der Waals surface area contributed by atoms with E-state index < -0.39 is 6.04 Å². The highest BCUT2D eigenvalue weighted by Crippen LogP contribution is 2.21. The molecule has 1 N–H and O–H groups in total. The molecule has 1 fully saturated rings. The minimum absolute atomic E-state index is 0.161. The zero-order chi connectivity index (χ0) is 20.5. The lowest BCUT2D eigenvalue weighted by molar-refractivity contribution is -0.124. The number of aryl methyl sites for hydroxylation is 1. The van der Waals surface area contributed by atoms with Gasteiger partial charge in [0.15, 0.2) is 5.58 Å². The van der Waals surface area contributed by atoms with Crippen LogP contribution in [-0.4, -0.2) is 50.7 Å². The van der Waals surface area contributed by atoms with Gasteiger partial charge in [0.2, 0.25) is 5.91 Å². The van der Waals surface area contributed by atoms with Crippen molar-refractivity contribution in [3.05, 3.63) is 34.6 Å². The topological polar surface area (TPSA) is 84.8 Å². The third kappa shape index (κ3) is 3.57. The number of fused-ring (bicyclic) bond motifs is 3. The smallest absolute Gasteiger partial charge is 0.291 e. The van der Waals surface area contributed by atoms with E-state index in [9.17, 15) is 9.59 Å². The van der Waals surface area contributed by atoms with Crippen LogP contribution in [0.5, 0.6) is 0 Å². The van der Waals surface area contributed by atoms with Crippen LogP contribution in [-0.2, 0) is 4.79 Å². The Morgan fingerprint density at radius 1 is 1.38 bits per heavy atom. The number of hydrogen-bond donors (Lipinski definition) is 1. The standard InChI is InChI=1S/C21H29N5O3/c1-4-16(20(27)22-9-11-24-10-6-5-7-14(24)2)26-21(28)18-13-19-17(8-12-29-19)25(18)15(3)23-26/h8,12-14,16H,4-7,9-11H2,1-3H3,(H,22,27)/t14-,16-/m1/s1. The molecule has 29 heavy (non-hydrogen) atoms. The fourth-order valence-corrected chi connectivity index (χ4v) is 4.41. The Morgan fingerprint density at radius 2 is 2.21 bits per heavy atom. The summed E-state index contributed by atoms with van der Waals surface area (Å²) in [7, 11) is 0. The van der Waals surface area contributed by atoms with E-state index in [2.05, 4.69) is 22.2 Å². The van der Waals surface area contributed by atoms with Crippen molar-refractivity contribution in [1.29, 1.82) is 0 Å². The highest BCUT2D eigenvalue weighted by molar-refractivity contribution is 5.83. The molecule has 0 aromatic carbocycles. The van der Waals surface area contributed by atoms with Gasteiger partial charge in [-0.2, -0.15) is 5.10 Å². The number of amides is 1. The molecule has 1 saturated heterocycles. The van der Waals surface area contributed by atoms with Crippen molar-refractivity contribution in [2.45, 2.75) is 58.5 Å². The molecule has 0 spiro atoms. The van der Waals surface area contributed by atoms with Crippen LogP contribution in [0, 0.1) is 6.92 Å². The zero-order valence-corrected chi connectivity index (χ0v) is 17.4. The van der Waals surface area contributed by atoms with Crippen LogP contribution in [0.2, 0.25) is 0 Å². The third-order valence-corrected chi connectivity index (χ3v) is 6.05. The normalized spacial score (nSPS) is 19.1. The first-order chi connectivity index (χ1) is 14.0. The lowest BCUT2D eigenvalue weighted by Crippen LogP contribution is -2.45. The van der Waals surface area contributed by atoms with Gasteiger partial charge in [0.25, 0.3) is 5.56 Å². The Hall–Kier alpha value is -2.61. The highest BCUT2D eigenvalue weighted by Gasteiger charge is 2.24. The fourth-order valence-electron chi connectivity index (χ4n) is 4.41. The Bertz CT molecular complexity index is 1080. The molecular weight excluding hydrogens is 370 g/mol. The number of aromatic nitrogens is 3. The summed E-state index contributed by atoms with van der Waals surface area (Å²) in [4.78, 5) is 28.3. The lowest BCUT2D eigenvalue weighted by Gasteiger charge is -2.33. The second-order valence-electron chi connectivity index (χ2n) is 7.93. The second-order valence-corrected chi connectivity index (χ2v) is 7.93. The van der Waals surface area contributed by atoms with Crippen LogP contribution >= 0.6 is 0 Å². The second kappa shape index (κ2) is 8.02. The van der Waals surface area contributed by atoms with Gasteiger partial charge in [-0.25, -0.2) is 4.68 Å². The zero-order valence-electron chi connectivity index (χ0n) is 17.4. The van der Waals surface area contributed by atoms with E-state index in [-0.39, 0.29) is 11.5 Å². The summed E-state index contributed by atoms with van der Waals surface area (Å²) in [5.74, 6) is 0.482. The lowest BCUT2D eigenvalue weighted by atomic mass is 10.0. The summed E-state index contributed by atoms with van der Waals surface area (Å²) in [6, 6.07) is 3.45. The van der Waals surface area contributed by atoms with Crippen LogP contribution in [0.1, 0.15) is 51.4 Å². The molecule has 8 nitrogen and oxygen atoms in total. The summed E-state index contributed by atoms with van der Waals surface area (Å²) in [6.07, 6.45) is 5.79. The number of piperidine rings is 1. The summed E-state index contributed by atoms with van der Waals surface area (Å²) in [5.41, 5.74) is 1.63. The van der Waals surface area contributed by atoms with E-state index in [1.807, 2.05) is 19.9 Å². The van der Waals surface area contributed by atoms with Crippen molar-refractivity contribution in [3.8, 4) is 0 Å². The van der Waals surface area contributed by atoms with Crippen LogP contribution < -0.4 is 10.9 Å². The molecule has 0 unspecified atom stereocenters. The SMILES string of the molecule is CC[C@H](C(=O)NCCN1CCCC[C@H]1C)n1nc(C)n2c(cc3occc32)c1=O. The van der Waals surface area contributed by atoms with E-state index in [0.29, 0.717) is 35.9 Å². The number of likely N-dealkylation sites (tertiary alicyclic amines) is 1. The van der Waals surface area contributed by atoms with E-state index >= 15 is 0 Å². The Kier molecular flexibility index (Phi) is 5.45. The molecule has 0 radical (unpaired) electrons. The van der Waals surface area contributed by atoms with Crippen molar-refractivity contribution in [3.63, 3.8) is 0 Å². The third-order valence-electron chi connectivity index (χ3n) is 6.05. The predicted octanol–water partition coefficient (Wildman–Crippen LogP) is 2.49.